The van der Waals surface area contributed by atoms with Crippen LogP contribution >= 0.6 is 15.9 Å². The van der Waals surface area contributed by atoms with Crippen molar-refractivity contribution in [3.63, 3.8) is 0 Å². The highest BCUT2D eigenvalue weighted by Gasteiger charge is 2.20. The van der Waals surface area contributed by atoms with Gasteiger partial charge in [0.05, 0.1) is 4.83 Å². The van der Waals surface area contributed by atoms with Gasteiger partial charge in [0.2, 0.25) is 5.91 Å². The molecule has 0 radical (unpaired) electrons. The molecule has 0 aromatic heterocycles. The van der Waals surface area contributed by atoms with Gasteiger partial charge in [0, 0.05) is 0 Å². The summed E-state index contributed by atoms with van der Waals surface area (Å²) in [4.78, 5) is 21.4. The molecule has 0 heterocycles. The first kappa shape index (κ1) is 12.4. The highest BCUT2D eigenvalue weighted by Crippen LogP contribution is 2.01. The van der Waals surface area contributed by atoms with Crippen LogP contribution in [0.25, 0.3) is 0 Å². The monoisotopic (exact) mass is 251 g/mol. The van der Waals surface area contributed by atoms with Gasteiger partial charge in [0.1, 0.15) is 6.04 Å². The van der Waals surface area contributed by atoms with Crippen molar-refractivity contribution in [3.05, 3.63) is 0 Å². The Bertz CT molecular complexity index is 194. The number of rotatable bonds is 5. The molecular formula is C8H14BrNO3. The summed E-state index contributed by atoms with van der Waals surface area (Å²) in [7, 11) is 0. The van der Waals surface area contributed by atoms with E-state index in [-0.39, 0.29) is 10.7 Å². The van der Waals surface area contributed by atoms with Crippen LogP contribution in [0.2, 0.25) is 0 Å². The Balaban J connectivity index is 4.10. The third-order valence-electron chi connectivity index (χ3n) is 1.55. The maximum absolute atomic E-state index is 11.1. The van der Waals surface area contributed by atoms with Crippen LogP contribution in [-0.2, 0) is 9.59 Å². The summed E-state index contributed by atoms with van der Waals surface area (Å²) in [6.45, 7) is 3.53. The van der Waals surface area contributed by atoms with Crippen LogP contribution in [0, 0.1) is 0 Å². The van der Waals surface area contributed by atoms with E-state index in [2.05, 4.69) is 21.2 Å². The second-order valence-electron chi connectivity index (χ2n) is 2.80. The largest absolute Gasteiger partial charge is 0.480 e. The van der Waals surface area contributed by atoms with Gasteiger partial charge in [-0.1, -0.05) is 29.3 Å². The molecule has 0 aliphatic heterocycles. The van der Waals surface area contributed by atoms with Crippen LogP contribution in [0.15, 0.2) is 0 Å². The molecule has 76 valence electrons. The molecule has 0 unspecified atom stereocenters. The molecule has 13 heavy (non-hydrogen) atoms. The number of halogens is 1. The minimum absolute atomic E-state index is 0.291. The van der Waals surface area contributed by atoms with E-state index in [1.807, 2.05) is 6.92 Å². The van der Waals surface area contributed by atoms with Crippen molar-refractivity contribution in [3.8, 4) is 0 Å². The molecule has 0 saturated heterocycles. The average molecular weight is 252 g/mol. The van der Waals surface area contributed by atoms with Crippen LogP contribution in [0.1, 0.15) is 26.7 Å². The number of nitrogens with one attached hydrogen (secondary N) is 1. The van der Waals surface area contributed by atoms with Gasteiger partial charge in [-0.05, 0) is 13.3 Å². The molecule has 0 aromatic carbocycles. The summed E-state index contributed by atoms with van der Waals surface area (Å²) in [5, 5.41) is 11.1. The van der Waals surface area contributed by atoms with E-state index >= 15 is 0 Å². The minimum Gasteiger partial charge on any atom is -0.480 e. The predicted molar refractivity (Wildman–Crippen MR) is 52.9 cm³/mol. The first-order valence-corrected chi connectivity index (χ1v) is 5.07. The van der Waals surface area contributed by atoms with Gasteiger partial charge in [-0.3, -0.25) is 4.79 Å². The Kier molecular flexibility index (Phi) is 5.70. The first-order chi connectivity index (χ1) is 5.99. The zero-order valence-electron chi connectivity index (χ0n) is 7.71. The SMILES string of the molecule is CCC[C@H](NC(=O)[C@H](C)Br)C(=O)O. The quantitative estimate of drug-likeness (QED) is 0.721. The van der Waals surface area contributed by atoms with Gasteiger partial charge in [-0.25, -0.2) is 4.79 Å². The lowest BCUT2D eigenvalue weighted by molar-refractivity contribution is -0.141. The highest BCUT2D eigenvalue weighted by atomic mass is 79.9. The van der Waals surface area contributed by atoms with E-state index in [0.29, 0.717) is 6.42 Å². The minimum atomic E-state index is -0.983. The van der Waals surface area contributed by atoms with E-state index in [9.17, 15) is 9.59 Å². The fourth-order valence-corrected chi connectivity index (χ4v) is 0.965. The summed E-state index contributed by atoms with van der Waals surface area (Å²) < 4.78 is 0. The summed E-state index contributed by atoms with van der Waals surface area (Å²) in [5.41, 5.74) is 0. The highest BCUT2D eigenvalue weighted by molar-refractivity contribution is 9.10. The van der Waals surface area contributed by atoms with Crippen molar-refractivity contribution in [2.24, 2.45) is 0 Å². The van der Waals surface area contributed by atoms with Crippen molar-refractivity contribution in [2.45, 2.75) is 37.6 Å². The number of carbonyl (C=O) groups excluding carboxylic acids is 1. The Hall–Kier alpha value is -0.580. The smallest absolute Gasteiger partial charge is 0.326 e. The molecule has 0 aliphatic carbocycles. The number of carboxylic acid groups (broad SMARTS) is 1. The van der Waals surface area contributed by atoms with Crippen molar-refractivity contribution >= 4 is 27.8 Å². The lowest BCUT2D eigenvalue weighted by Gasteiger charge is -2.14. The number of aliphatic carboxylic acids is 1. The van der Waals surface area contributed by atoms with Crippen LogP contribution in [0.3, 0.4) is 0 Å². The molecule has 0 saturated carbocycles. The number of amides is 1. The van der Waals surface area contributed by atoms with Crippen molar-refractivity contribution in [2.75, 3.05) is 0 Å². The zero-order chi connectivity index (χ0) is 10.4. The number of carbonyl (C=O) groups is 2. The predicted octanol–water partition coefficient (Wildman–Crippen LogP) is 1.14. The van der Waals surface area contributed by atoms with Crippen molar-refractivity contribution in [1.82, 2.24) is 5.32 Å². The van der Waals surface area contributed by atoms with E-state index < -0.39 is 12.0 Å². The molecule has 0 fully saturated rings. The maximum Gasteiger partial charge on any atom is 0.326 e. The normalized spacial score (nSPS) is 14.7. The Morgan fingerprint density at radius 1 is 1.54 bits per heavy atom. The molecule has 5 heteroatoms. The van der Waals surface area contributed by atoms with Crippen molar-refractivity contribution < 1.29 is 14.7 Å². The average Bonchev–Trinajstić information content (AvgIpc) is 2.03. The van der Waals surface area contributed by atoms with Gasteiger partial charge in [-0.15, -0.1) is 0 Å². The Labute approximate surface area is 85.8 Å². The van der Waals surface area contributed by atoms with Gasteiger partial charge in [0.25, 0.3) is 0 Å². The Morgan fingerprint density at radius 3 is 2.38 bits per heavy atom. The fraction of sp³-hybridized carbons (Fsp3) is 0.750. The number of carboxylic acids is 1. The fourth-order valence-electron chi connectivity index (χ4n) is 0.833. The second-order valence-corrected chi connectivity index (χ2v) is 4.18. The third kappa shape index (κ3) is 4.87. The zero-order valence-corrected chi connectivity index (χ0v) is 9.30. The standard InChI is InChI=1S/C8H14BrNO3/c1-3-4-6(8(12)13)10-7(11)5(2)9/h5-6H,3-4H2,1-2H3,(H,10,11)(H,12,13)/t5-,6-/m0/s1. The summed E-state index contributed by atoms with van der Waals surface area (Å²) >= 11 is 3.06. The molecule has 0 aromatic rings. The molecule has 0 bridgehead atoms. The Morgan fingerprint density at radius 2 is 2.08 bits per heavy atom. The van der Waals surface area contributed by atoms with E-state index in [0.717, 1.165) is 6.42 Å². The first-order valence-electron chi connectivity index (χ1n) is 4.16. The molecule has 2 N–H and O–H groups in total. The van der Waals surface area contributed by atoms with Crippen LogP contribution in [0.5, 0.6) is 0 Å². The molecule has 0 spiro atoms. The molecule has 1 amide bonds. The van der Waals surface area contributed by atoms with Crippen molar-refractivity contribution in [1.29, 1.82) is 0 Å². The lowest BCUT2D eigenvalue weighted by atomic mass is 10.1. The van der Waals surface area contributed by atoms with E-state index in [1.54, 1.807) is 6.92 Å². The van der Waals surface area contributed by atoms with Gasteiger partial charge in [-0.2, -0.15) is 0 Å². The van der Waals surface area contributed by atoms with Gasteiger partial charge < -0.3 is 10.4 Å². The number of hydrogen-bond acceptors (Lipinski definition) is 2. The van der Waals surface area contributed by atoms with E-state index in [1.165, 1.54) is 0 Å². The number of alkyl halides is 1. The van der Waals surface area contributed by atoms with E-state index in [4.69, 9.17) is 5.11 Å². The molecule has 2 atom stereocenters. The summed E-state index contributed by atoms with van der Waals surface area (Å²) in [5.74, 6) is -1.27. The summed E-state index contributed by atoms with van der Waals surface area (Å²) in [6, 6.07) is -0.766. The van der Waals surface area contributed by atoms with Gasteiger partial charge in [0.15, 0.2) is 0 Å². The molecular weight excluding hydrogens is 238 g/mol. The van der Waals surface area contributed by atoms with Crippen LogP contribution in [-0.4, -0.2) is 27.9 Å². The second kappa shape index (κ2) is 5.96. The van der Waals surface area contributed by atoms with Gasteiger partial charge >= 0.3 is 5.97 Å². The third-order valence-corrected chi connectivity index (χ3v) is 1.97. The lowest BCUT2D eigenvalue weighted by Crippen LogP contribution is -2.43. The molecule has 0 rings (SSSR count). The number of hydrogen-bond donors (Lipinski definition) is 2. The molecule has 0 aliphatic rings. The summed E-state index contributed by atoms with van der Waals surface area (Å²) in [6.07, 6.45) is 1.19. The topological polar surface area (TPSA) is 66.4 Å². The maximum atomic E-state index is 11.1. The molecule has 4 nitrogen and oxygen atoms in total. The van der Waals surface area contributed by atoms with Crippen LogP contribution < -0.4 is 5.32 Å². The van der Waals surface area contributed by atoms with Crippen LogP contribution in [0.4, 0.5) is 0 Å².